The summed E-state index contributed by atoms with van der Waals surface area (Å²) in [6, 6.07) is 11.7. The molecule has 0 bridgehead atoms. The van der Waals surface area contributed by atoms with E-state index in [0.29, 0.717) is 0 Å². The van der Waals surface area contributed by atoms with Crippen LogP contribution in [0.25, 0.3) is 10.9 Å². The summed E-state index contributed by atoms with van der Waals surface area (Å²) in [5, 5.41) is 1.20. The van der Waals surface area contributed by atoms with Gasteiger partial charge in [-0.2, -0.15) is 0 Å². The molecule has 2 aromatic rings. The molecule has 2 rings (SSSR count). The molecule has 1 aromatic heterocycles. The van der Waals surface area contributed by atoms with Crippen LogP contribution < -0.4 is 0 Å². The maximum atomic E-state index is 3.37. The fraction of sp³-hybridized carbons (Fsp3) is 0.333. The number of aromatic nitrogens is 1. The number of hydrogen-bond donors (Lipinski definition) is 1. The number of benzene rings is 1. The van der Waals surface area contributed by atoms with Crippen molar-refractivity contribution in [3.05, 3.63) is 36.0 Å². The molecule has 1 N–H and O–H groups in total. The quantitative estimate of drug-likeness (QED) is 0.731. The van der Waals surface area contributed by atoms with Crippen molar-refractivity contribution in [1.82, 2.24) is 4.98 Å². The number of fused-ring (bicyclic) bond motifs is 1. The van der Waals surface area contributed by atoms with Crippen molar-refractivity contribution >= 4 is 10.9 Å². The van der Waals surface area contributed by atoms with Crippen LogP contribution in [0.4, 0.5) is 0 Å². The molecule has 0 aliphatic carbocycles. The van der Waals surface area contributed by atoms with Gasteiger partial charge in [0.25, 0.3) is 0 Å². The zero-order valence-electron chi connectivity index (χ0n) is 7.93. The maximum Gasteiger partial charge on any atom is 0.0462 e. The lowest BCUT2D eigenvalue weighted by Gasteiger charge is -1.92. The van der Waals surface area contributed by atoms with Gasteiger partial charge in [-0.15, -0.1) is 0 Å². The summed E-state index contributed by atoms with van der Waals surface area (Å²) in [4.78, 5) is 3.37. The highest BCUT2D eigenvalue weighted by Gasteiger charge is 1.98. The Labute approximate surface area is 78.8 Å². The molecule has 1 aromatic carbocycles. The molecule has 0 fully saturated rings. The Bertz CT molecular complexity index is 354. The highest BCUT2D eigenvalue weighted by molar-refractivity contribution is 5.79. The summed E-state index contributed by atoms with van der Waals surface area (Å²) in [7, 11) is 0. The van der Waals surface area contributed by atoms with E-state index in [-0.39, 0.29) is 0 Å². The van der Waals surface area contributed by atoms with Crippen LogP contribution in [0.2, 0.25) is 0 Å². The van der Waals surface area contributed by atoms with E-state index >= 15 is 0 Å². The van der Waals surface area contributed by atoms with E-state index in [9.17, 15) is 0 Å². The first-order chi connectivity index (χ1) is 6.40. The minimum absolute atomic E-state index is 1.12. The number of rotatable bonds is 3. The SMILES string of the molecule is CCCCc1[c]c2ccccc2[nH]1. The monoisotopic (exact) mass is 172 g/mol. The average molecular weight is 172 g/mol. The summed E-state index contributed by atoms with van der Waals surface area (Å²) in [5.41, 5.74) is 2.44. The fourth-order valence-corrected chi connectivity index (χ4v) is 1.54. The second kappa shape index (κ2) is 3.65. The normalized spacial score (nSPS) is 10.8. The predicted molar refractivity (Wildman–Crippen MR) is 55.7 cm³/mol. The van der Waals surface area contributed by atoms with Gasteiger partial charge in [0.05, 0.1) is 0 Å². The molecule has 0 atom stereocenters. The molecule has 1 heteroatoms. The van der Waals surface area contributed by atoms with Crippen molar-refractivity contribution in [2.45, 2.75) is 26.2 Å². The number of unbranched alkanes of at least 4 members (excludes halogenated alkanes) is 1. The number of para-hydroxylation sites is 1. The zero-order chi connectivity index (χ0) is 9.10. The van der Waals surface area contributed by atoms with Gasteiger partial charge in [-0.05, 0) is 18.9 Å². The Balaban J connectivity index is 2.28. The Morgan fingerprint density at radius 3 is 2.92 bits per heavy atom. The smallest absolute Gasteiger partial charge is 0.0462 e. The van der Waals surface area contributed by atoms with Gasteiger partial charge in [-0.3, -0.25) is 0 Å². The third-order valence-electron chi connectivity index (χ3n) is 2.28. The van der Waals surface area contributed by atoms with Crippen molar-refractivity contribution < 1.29 is 0 Å². The van der Waals surface area contributed by atoms with E-state index in [1.54, 1.807) is 0 Å². The van der Waals surface area contributed by atoms with Crippen LogP contribution >= 0.6 is 0 Å². The zero-order valence-corrected chi connectivity index (χ0v) is 7.93. The van der Waals surface area contributed by atoms with Crippen LogP contribution in [0.1, 0.15) is 25.5 Å². The van der Waals surface area contributed by atoms with Crippen molar-refractivity contribution in [3.63, 3.8) is 0 Å². The average Bonchev–Trinajstić information content (AvgIpc) is 2.57. The number of aromatic amines is 1. The molecule has 1 heterocycles. The molecule has 67 valence electrons. The standard InChI is InChI=1S/C12H14N/c1-2-3-7-11-9-10-6-4-5-8-12(10)13-11/h4-6,8,13H,2-3,7H2,1H3. The van der Waals surface area contributed by atoms with Gasteiger partial charge >= 0.3 is 0 Å². The van der Waals surface area contributed by atoms with Gasteiger partial charge < -0.3 is 4.98 Å². The highest BCUT2D eigenvalue weighted by atomic mass is 14.7. The summed E-state index contributed by atoms with van der Waals surface area (Å²) >= 11 is 0. The van der Waals surface area contributed by atoms with E-state index in [2.05, 4.69) is 42.2 Å². The summed E-state index contributed by atoms with van der Waals surface area (Å²) in [6.45, 7) is 2.21. The number of hydrogen-bond acceptors (Lipinski definition) is 0. The lowest BCUT2D eigenvalue weighted by atomic mass is 10.2. The Morgan fingerprint density at radius 2 is 2.15 bits per heavy atom. The Hall–Kier alpha value is -1.24. The van der Waals surface area contributed by atoms with E-state index in [0.717, 1.165) is 6.42 Å². The third kappa shape index (κ3) is 1.74. The van der Waals surface area contributed by atoms with E-state index in [1.165, 1.54) is 29.4 Å². The second-order valence-corrected chi connectivity index (χ2v) is 3.38. The predicted octanol–water partition coefficient (Wildman–Crippen LogP) is 3.31. The largest absolute Gasteiger partial charge is 0.358 e. The molecule has 13 heavy (non-hydrogen) atoms. The Kier molecular flexibility index (Phi) is 2.35. The minimum Gasteiger partial charge on any atom is -0.358 e. The van der Waals surface area contributed by atoms with Crippen LogP contribution in [-0.4, -0.2) is 4.98 Å². The van der Waals surface area contributed by atoms with E-state index in [1.807, 2.05) is 0 Å². The van der Waals surface area contributed by atoms with E-state index < -0.39 is 0 Å². The van der Waals surface area contributed by atoms with Gasteiger partial charge in [0, 0.05) is 22.7 Å². The number of aryl methyl sites for hydroxylation is 1. The molecule has 0 saturated heterocycles. The van der Waals surface area contributed by atoms with Crippen molar-refractivity contribution in [3.8, 4) is 0 Å². The molecule has 0 amide bonds. The van der Waals surface area contributed by atoms with Gasteiger partial charge in [0.2, 0.25) is 0 Å². The minimum atomic E-state index is 1.12. The third-order valence-corrected chi connectivity index (χ3v) is 2.28. The highest BCUT2D eigenvalue weighted by Crippen LogP contribution is 2.14. The molecule has 0 saturated carbocycles. The molecule has 0 aliphatic heterocycles. The van der Waals surface area contributed by atoms with E-state index in [4.69, 9.17) is 0 Å². The molecule has 0 unspecified atom stereocenters. The molecular weight excluding hydrogens is 158 g/mol. The number of H-pyrrole nitrogens is 1. The van der Waals surface area contributed by atoms with Crippen LogP contribution in [0, 0.1) is 6.07 Å². The Morgan fingerprint density at radius 1 is 1.31 bits per heavy atom. The molecular formula is C12H14N. The fourth-order valence-electron chi connectivity index (χ4n) is 1.54. The summed E-state index contributed by atoms with van der Waals surface area (Å²) < 4.78 is 0. The van der Waals surface area contributed by atoms with Crippen molar-refractivity contribution in [1.29, 1.82) is 0 Å². The van der Waals surface area contributed by atoms with Crippen LogP contribution in [-0.2, 0) is 6.42 Å². The molecule has 1 nitrogen and oxygen atoms in total. The molecule has 1 radical (unpaired) electrons. The van der Waals surface area contributed by atoms with Gasteiger partial charge in [0.15, 0.2) is 0 Å². The maximum absolute atomic E-state index is 3.37. The lowest BCUT2D eigenvalue weighted by molar-refractivity contribution is 0.782. The van der Waals surface area contributed by atoms with Gasteiger partial charge in [-0.25, -0.2) is 0 Å². The van der Waals surface area contributed by atoms with Crippen molar-refractivity contribution in [2.75, 3.05) is 0 Å². The van der Waals surface area contributed by atoms with Crippen molar-refractivity contribution in [2.24, 2.45) is 0 Å². The lowest BCUT2D eigenvalue weighted by Crippen LogP contribution is -1.82. The summed E-state index contributed by atoms with van der Waals surface area (Å²) in [6.07, 6.45) is 3.59. The van der Waals surface area contributed by atoms with Crippen LogP contribution in [0.3, 0.4) is 0 Å². The van der Waals surface area contributed by atoms with Gasteiger partial charge in [-0.1, -0.05) is 31.5 Å². The second-order valence-electron chi connectivity index (χ2n) is 3.38. The first-order valence-corrected chi connectivity index (χ1v) is 4.89. The molecule has 0 aliphatic rings. The van der Waals surface area contributed by atoms with Crippen LogP contribution in [0.15, 0.2) is 24.3 Å². The first kappa shape index (κ1) is 8.36. The molecule has 0 spiro atoms. The van der Waals surface area contributed by atoms with Crippen LogP contribution in [0.5, 0.6) is 0 Å². The first-order valence-electron chi connectivity index (χ1n) is 4.89. The summed E-state index contributed by atoms with van der Waals surface area (Å²) in [5.74, 6) is 0. The number of nitrogens with one attached hydrogen (secondary N) is 1. The van der Waals surface area contributed by atoms with Gasteiger partial charge in [0.1, 0.15) is 0 Å². The topological polar surface area (TPSA) is 15.8 Å².